The van der Waals surface area contributed by atoms with Crippen molar-refractivity contribution in [2.45, 2.75) is 65.2 Å². The summed E-state index contributed by atoms with van der Waals surface area (Å²) in [6.45, 7) is 13.9. The first-order chi connectivity index (χ1) is 22.0. The Morgan fingerprint density at radius 2 is 1.12 bits per heavy atom. The van der Waals surface area contributed by atoms with Gasteiger partial charge in [-0.3, -0.25) is 0 Å². The van der Waals surface area contributed by atoms with Gasteiger partial charge in [0.25, 0.3) is 0 Å². The Morgan fingerprint density at radius 3 is 1.62 bits per heavy atom. The maximum Gasteiger partial charge on any atom is -0.172 e. The van der Waals surface area contributed by atoms with Crippen LogP contribution in [-0.4, -0.2) is 3.21 Å². The molecular formula is C45H44Cl2Zr-2. The van der Waals surface area contributed by atoms with Crippen molar-refractivity contribution in [3.05, 3.63) is 178 Å². The molecule has 8 rings (SSSR count). The van der Waals surface area contributed by atoms with Gasteiger partial charge in [0, 0.05) is 0 Å². The summed E-state index contributed by atoms with van der Waals surface area (Å²) < 4.78 is 1.42. The van der Waals surface area contributed by atoms with Gasteiger partial charge in [-0.25, -0.2) is 24.6 Å². The number of fused-ring (bicyclic) bond motifs is 5. The topological polar surface area (TPSA) is 0 Å². The third kappa shape index (κ3) is 7.86. The minimum atomic E-state index is 0. The molecule has 0 atom stereocenters. The number of hydrogen-bond donors (Lipinski definition) is 0. The van der Waals surface area contributed by atoms with E-state index in [4.69, 9.17) is 0 Å². The molecule has 0 unspecified atom stereocenters. The van der Waals surface area contributed by atoms with Crippen LogP contribution >= 0.6 is 0 Å². The molecule has 0 fully saturated rings. The summed E-state index contributed by atoms with van der Waals surface area (Å²) in [7, 11) is 0. The second-order valence-electron chi connectivity index (χ2n) is 14.1. The fourth-order valence-electron chi connectivity index (χ4n) is 6.87. The first-order valence-electron chi connectivity index (χ1n) is 16.5. The number of halogens is 2. The van der Waals surface area contributed by atoms with Crippen molar-refractivity contribution < 1.29 is 49.0 Å². The number of hydrogen-bond acceptors (Lipinski definition) is 0. The molecule has 5 aromatic carbocycles. The van der Waals surface area contributed by atoms with Gasteiger partial charge < -0.3 is 24.8 Å². The summed E-state index contributed by atoms with van der Waals surface area (Å²) in [5, 5.41) is 0. The Labute approximate surface area is 315 Å². The summed E-state index contributed by atoms with van der Waals surface area (Å²) >= 11 is 1.46. The van der Waals surface area contributed by atoms with Gasteiger partial charge in [-0.1, -0.05) is 62.9 Å². The Balaban J connectivity index is 0.000000207. The van der Waals surface area contributed by atoms with Gasteiger partial charge in [0.15, 0.2) is 0 Å². The Morgan fingerprint density at radius 1 is 0.625 bits per heavy atom. The maximum atomic E-state index is 2.51. The standard InChI is InChI=1S/C27H29.C13H10.C5H5.2ClH.Zr/c1-16-7-9-26(3,4)24-12-18-11-19-13-25-21(17(2)8-10-27(25,5)6)15-23(19)22(18)14-20(16)24;1-3-7-12(8-4-1)11-13-9-5-2-6-10-13;1-2-4-5-3-1;;;/h7-9,12-15H,10-11H2,1-6H3;1-10H;1-5H;2*1H;/q-1;;-1;;;+2/p-2. The molecule has 244 valence electrons. The van der Waals surface area contributed by atoms with Crippen LogP contribution in [-0.2, 0) is 41.5 Å². The summed E-state index contributed by atoms with van der Waals surface area (Å²) in [6.07, 6.45) is 9.28. The predicted molar refractivity (Wildman–Crippen MR) is 195 cm³/mol. The van der Waals surface area contributed by atoms with E-state index in [1.54, 1.807) is 0 Å². The van der Waals surface area contributed by atoms with Crippen molar-refractivity contribution >= 4 is 14.4 Å². The second-order valence-corrected chi connectivity index (χ2v) is 15.3. The van der Waals surface area contributed by atoms with Gasteiger partial charge in [0.1, 0.15) is 0 Å². The van der Waals surface area contributed by atoms with Crippen molar-refractivity contribution in [3.8, 4) is 11.1 Å². The quantitative estimate of drug-likeness (QED) is 0.207. The Hall–Kier alpha value is -3.09. The molecule has 3 aliphatic carbocycles. The van der Waals surface area contributed by atoms with E-state index in [2.05, 4.69) is 145 Å². The van der Waals surface area contributed by atoms with Gasteiger partial charge in [-0.05, 0) is 70.2 Å². The second kappa shape index (κ2) is 15.6. The fourth-order valence-corrected chi connectivity index (χ4v) is 7.69. The summed E-state index contributed by atoms with van der Waals surface area (Å²) in [5.41, 5.74) is 17.6. The molecule has 0 bridgehead atoms. The van der Waals surface area contributed by atoms with E-state index in [0.717, 1.165) is 12.8 Å². The minimum absolute atomic E-state index is 0. The van der Waals surface area contributed by atoms with Gasteiger partial charge in [-0.15, -0.1) is 12.5 Å². The Kier molecular flexibility index (Phi) is 12.3. The van der Waals surface area contributed by atoms with E-state index >= 15 is 0 Å². The first kappa shape index (κ1) is 37.7. The van der Waals surface area contributed by atoms with Crippen LogP contribution in [0.4, 0.5) is 0 Å². The van der Waals surface area contributed by atoms with Crippen LogP contribution in [0.3, 0.4) is 0 Å². The molecule has 0 N–H and O–H groups in total. The third-order valence-corrected chi connectivity index (χ3v) is 11.2. The van der Waals surface area contributed by atoms with Gasteiger partial charge >= 0.3 is 99.2 Å². The Bertz CT molecular complexity index is 1780. The SMILES string of the molecule is CC1=C[CH-]C(C)(C)c2cc3c(cc21)-c1cc2c(cc1C3)C(C)(C)CC=C2C.[Cl-].[Cl-].[Zr+2]=[C](c1ccccc1)c1ccccc1.c1cc[cH-]c1. The summed E-state index contributed by atoms with van der Waals surface area (Å²) in [5.74, 6) is 0. The van der Waals surface area contributed by atoms with Gasteiger partial charge in [0.2, 0.25) is 0 Å². The van der Waals surface area contributed by atoms with Crippen molar-refractivity contribution in [1.29, 1.82) is 0 Å². The minimum Gasteiger partial charge on any atom is -0.214 e. The van der Waals surface area contributed by atoms with E-state index < -0.39 is 0 Å². The number of rotatable bonds is 2. The van der Waals surface area contributed by atoms with Crippen molar-refractivity contribution in [3.63, 3.8) is 0 Å². The van der Waals surface area contributed by atoms with E-state index in [9.17, 15) is 0 Å². The molecule has 0 amide bonds. The molecule has 48 heavy (non-hydrogen) atoms. The van der Waals surface area contributed by atoms with Crippen molar-refractivity contribution in [2.75, 3.05) is 0 Å². The average Bonchev–Trinajstić information content (AvgIpc) is 3.77. The normalized spacial score (nSPS) is 15.2. The maximum absolute atomic E-state index is 2.51. The molecule has 3 heteroatoms. The molecule has 0 nitrogen and oxygen atoms in total. The largest absolute Gasteiger partial charge is 0.214 e. The van der Waals surface area contributed by atoms with Crippen molar-refractivity contribution in [2.24, 2.45) is 0 Å². The predicted octanol–water partition coefficient (Wildman–Crippen LogP) is 5.46. The fraction of sp³-hybridized carbons (Fsp3) is 0.222. The molecule has 0 radical (unpaired) electrons. The zero-order chi connectivity index (χ0) is 32.5. The molecular weight excluding hydrogens is 703 g/mol. The van der Waals surface area contributed by atoms with Crippen LogP contribution in [0.5, 0.6) is 0 Å². The molecule has 0 aliphatic heterocycles. The molecule has 0 spiro atoms. The van der Waals surface area contributed by atoms with Crippen LogP contribution in [0.2, 0.25) is 0 Å². The number of benzene rings is 4. The molecule has 5 aromatic rings. The smallest absolute Gasteiger partial charge is 0.172 e. The zero-order valence-corrected chi connectivity index (χ0v) is 32.8. The van der Waals surface area contributed by atoms with E-state index in [-0.39, 0.29) is 35.6 Å². The average molecular weight is 747 g/mol. The first-order valence-corrected chi connectivity index (χ1v) is 17.7. The van der Waals surface area contributed by atoms with E-state index in [1.807, 2.05) is 30.3 Å². The van der Waals surface area contributed by atoms with Crippen LogP contribution < -0.4 is 24.8 Å². The van der Waals surface area contributed by atoms with E-state index in [1.165, 1.54) is 94.2 Å². The number of allylic oxidation sites excluding steroid dienone is 4. The van der Waals surface area contributed by atoms with Crippen LogP contribution in [0.25, 0.3) is 22.3 Å². The molecule has 3 aliphatic rings. The summed E-state index contributed by atoms with van der Waals surface area (Å²) in [6, 6.07) is 41.1. The molecule has 0 aromatic heterocycles. The van der Waals surface area contributed by atoms with Crippen molar-refractivity contribution in [1.82, 2.24) is 0 Å². The summed E-state index contributed by atoms with van der Waals surface area (Å²) in [4.78, 5) is 0. The van der Waals surface area contributed by atoms with Gasteiger partial charge in [-0.2, -0.15) is 23.8 Å². The van der Waals surface area contributed by atoms with Crippen LogP contribution in [0.1, 0.15) is 92.5 Å². The van der Waals surface area contributed by atoms with Crippen LogP contribution in [0, 0.1) is 6.42 Å². The zero-order valence-electron chi connectivity index (χ0n) is 28.9. The van der Waals surface area contributed by atoms with Crippen LogP contribution in [0.15, 0.2) is 127 Å². The molecule has 0 saturated carbocycles. The molecule has 0 heterocycles. The van der Waals surface area contributed by atoms with Gasteiger partial charge in [0.05, 0.1) is 0 Å². The third-order valence-electron chi connectivity index (χ3n) is 9.78. The monoisotopic (exact) mass is 744 g/mol. The molecule has 0 saturated heterocycles. The van der Waals surface area contributed by atoms with E-state index in [0.29, 0.717) is 0 Å².